The molecule has 1 rings (SSSR count). The second-order valence-electron chi connectivity index (χ2n) is 3.15. The number of nitrogens with one attached hydrogen (secondary N) is 1. The van der Waals surface area contributed by atoms with Gasteiger partial charge in [0.25, 0.3) is 0 Å². The monoisotopic (exact) mass is 209 g/mol. The highest BCUT2D eigenvalue weighted by Gasteiger charge is 2.04. The van der Waals surface area contributed by atoms with Gasteiger partial charge in [0.2, 0.25) is 0 Å². The molecule has 1 aromatic rings. The minimum absolute atomic E-state index is 0.602. The van der Waals surface area contributed by atoms with Crippen LogP contribution in [0.25, 0.3) is 0 Å². The zero-order valence-corrected chi connectivity index (χ0v) is 9.40. The molecule has 15 heavy (non-hydrogen) atoms. The number of nitrogens with zero attached hydrogens (tertiary/aromatic N) is 3. The fourth-order valence-electron chi connectivity index (χ4n) is 1.36. The van der Waals surface area contributed by atoms with Crippen molar-refractivity contribution in [2.45, 2.75) is 13.8 Å². The van der Waals surface area contributed by atoms with Gasteiger partial charge in [-0.1, -0.05) is 0 Å². The third-order valence-electron chi connectivity index (χ3n) is 2.19. The summed E-state index contributed by atoms with van der Waals surface area (Å²) >= 11 is 0. The molecule has 0 fully saturated rings. The van der Waals surface area contributed by atoms with Gasteiger partial charge in [0.15, 0.2) is 0 Å². The molecule has 0 saturated heterocycles. The van der Waals surface area contributed by atoms with E-state index >= 15 is 0 Å². The van der Waals surface area contributed by atoms with E-state index in [1.165, 1.54) is 0 Å². The molecule has 0 spiro atoms. The standard InChI is InChI=1S/C10H19N5/c1-3-15(4-2)10-7-9(12-6-5-11)13-8-14-10/h7-8H,3-6,11H2,1-2H3,(H,12,13,14). The third kappa shape index (κ3) is 3.36. The molecule has 0 saturated carbocycles. The van der Waals surface area contributed by atoms with Crippen LogP contribution in [0.3, 0.4) is 0 Å². The lowest BCUT2D eigenvalue weighted by Crippen LogP contribution is -2.23. The van der Waals surface area contributed by atoms with Crippen LogP contribution in [-0.2, 0) is 0 Å². The molecule has 0 amide bonds. The number of hydrogen-bond acceptors (Lipinski definition) is 5. The Balaban J connectivity index is 2.72. The molecule has 0 aromatic carbocycles. The van der Waals surface area contributed by atoms with Crippen LogP contribution in [0.1, 0.15) is 13.8 Å². The molecule has 1 heterocycles. The first-order chi connectivity index (χ1) is 7.31. The van der Waals surface area contributed by atoms with E-state index in [4.69, 9.17) is 5.73 Å². The van der Waals surface area contributed by atoms with Gasteiger partial charge in [-0.25, -0.2) is 9.97 Å². The van der Waals surface area contributed by atoms with Crippen molar-refractivity contribution in [1.29, 1.82) is 0 Å². The van der Waals surface area contributed by atoms with Crippen molar-refractivity contribution in [3.63, 3.8) is 0 Å². The molecule has 0 aliphatic rings. The first kappa shape index (κ1) is 11.7. The first-order valence-electron chi connectivity index (χ1n) is 5.32. The quantitative estimate of drug-likeness (QED) is 0.721. The van der Waals surface area contributed by atoms with E-state index in [9.17, 15) is 0 Å². The average Bonchev–Trinajstić information content (AvgIpc) is 2.29. The highest BCUT2D eigenvalue weighted by molar-refractivity contribution is 5.48. The number of aromatic nitrogens is 2. The van der Waals surface area contributed by atoms with E-state index in [0.29, 0.717) is 6.54 Å². The fraction of sp³-hybridized carbons (Fsp3) is 0.600. The Labute approximate surface area is 90.7 Å². The maximum Gasteiger partial charge on any atom is 0.134 e. The Morgan fingerprint density at radius 1 is 1.33 bits per heavy atom. The van der Waals surface area contributed by atoms with Crippen LogP contribution < -0.4 is 16.0 Å². The van der Waals surface area contributed by atoms with Crippen LogP contribution in [0.5, 0.6) is 0 Å². The zero-order chi connectivity index (χ0) is 11.1. The van der Waals surface area contributed by atoms with E-state index in [1.54, 1.807) is 6.33 Å². The van der Waals surface area contributed by atoms with E-state index in [0.717, 1.165) is 31.3 Å². The van der Waals surface area contributed by atoms with Crippen molar-refractivity contribution in [1.82, 2.24) is 9.97 Å². The van der Waals surface area contributed by atoms with Gasteiger partial charge in [-0.3, -0.25) is 0 Å². The second-order valence-corrected chi connectivity index (χ2v) is 3.15. The third-order valence-corrected chi connectivity index (χ3v) is 2.19. The molecule has 0 aliphatic heterocycles. The van der Waals surface area contributed by atoms with Gasteiger partial charge >= 0.3 is 0 Å². The number of anilines is 2. The van der Waals surface area contributed by atoms with Crippen LogP contribution in [0.4, 0.5) is 11.6 Å². The first-order valence-corrected chi connectivity index (χ1v) is 5.32. The molecule has 1 aromatic heterocycles. The predicted octanol–water partition coefficient (Wildman–Crippen LogP) is 0.693. The Bertz CT molecular complexity index is 285. The minimum atomic E-state index is 0.602. The molecule has 0 bridgehead atoms. The molecule has 0 aliphatic carbocycles. The number of hydrogen-bond donors (Lipinski definition) is 2. The van der Waals surface area contributed by atoms with Crippen LogP contribution in [0.2, 0.25) is 0 Å². The molecule has 3 N–H and O–H groups in total. The Kier molecular flexibility index (Phi) is 4.83. The van der Waals surface area contributed by atoms with Gasteiger partial charge < -0.3 is 16.0 Å². The molecular weight excluding hydrogens is 190 g/mol. The predicted molar refractivity (Wildman–Crippen MR) is 63.1 cm³/mol. The normalized spacial score (nSPS) is 10.1. The Morgan fingerprint density at radius 3 is 2.67 bits per heavy atom. The summed E-state index contributed by atoms with van der Waals surface area (Å²) in [4.78, 5) is 10.5. The summed E-state index contributed by atoms with van der Waals surface area (Å²) in [6.45, 7) is 7.45. The van der Waals surface area contributed by atoms with Crippen molar-refractivity contribution in [2.75, 3.05) is 36.4 Å². The van der Waals surface area contributed by atoms with Gasteiger partial charge in [0, 0.05) is 32.2 Å². The van der Waals surface area contributed by atoms with Crippen molar-refractivity contribution >= 4 is 11.6 Å². The molecule has 0 atom stereocenters. The topological polar surface area (TPSA) is 67.1 Å². The number of nitrogens with two attached hydrogens (primary N) is 1. The Morgan fingerprint density at radius 2 is 2.07 bits per heavy atom. The lowest BCUT2D eigenvalue weighted by atomic mass is 10.4. The van der Waals surface area contributed by atoms with Crippen LogP contribution >= 0.6 is 0 Å². The fourth-order valence-corrected chi connectivity index (χ4v) is 1.36. The average molecular weight is 209 g/mol. The van der Waals surface area contributed by atoms with Crippen molar-refractivity contribution < 1.29 is 0 Å². The summed E-state index contributed by atoms with van der Waals surface area (Å²) in [6.07, 6.45) is 1.58. The molecule has 5 nitrogen and oxygen atoms in total. The minimum Gasteiger partial charge on any atom is -0.369 e. The smallest absolute Gasteiger partial charge is 0.134 e. The Hall–Kier alpha value is -1.36. The maximum atomic E-state index is 5.41. The van der Waals surface area contributed by atoms with E-state index in [-0.39, 0.29) is 0 Å². The van der Waals surface area contributed by atoms with Gasteiger partial charge in [0.05, 0.1) is 0 Å². The molecule has 5 heteroatoms. The largest absolute Gasteiger partial charge is 0.369 e. The SMILES string of the molecule is CCN(CC)c1cc(NCCN)ncn1. The van der Waals surface area contributed by atoms with Crippen molar-refractivity contribution in [3.8, 4) is 0 Å². The summed E-state index contributed by atoms with van der Waals surface area (Å²) in [7, 11) is 0. The lowest BCUT2D eigenvalue weighted by Gasteiger charge is -2.19. The van der Waals surface area contributed by atoms with Gasteiger partial charge in [-0.15, -0.1) is 0 Å². The van der Waals surface area contributed by atoms with Crippen molar-refractivity contribution in [2.24, 2.45) is 5.73 Å². The highest BCUT2D eigenvalue weighted by atomic mass is 15.2. The summed E-state index contributed by atoms with van der Waals surface area (Å²) in [5.41, 5.74) is 5.41. The van der Waals surface area contributed by atoms with Crippen LogP contribution in [0.15, 0.2) is 12.4 Å². The van der Waals surface area contributed by atoms with Crippen LogP contribution in [0, 0.1) is 0 Å². The van der Waals surface area contributed by atoms with Crippen LogP contribution in [-0.4, -0.2) is 36.1 Å². The molecular formula is C10H19N5. The highest BCUT2D eigenvalue weighted by Crippen LogP contribution is 2.12. The van der Waals surface area contributed by atoms with E-state index in [2.05, 4.69) is 34.0 Å². The summed E-state index contributed by atoms with van der Waals surface area (Å²) < 4.78 is 0. The second kappa shape index (κ2) is 6.19. The molecule has 0 radical (unpaired) electrons. The van der Waals surface area contributed by atoms with Gasteiger partial charge in [0.1, 0.15) is 18.0 Å². The van der Waals surface area contributed by atoms with Gasteiger partial charge in [-0.05, 0) is 13.8 Å². The molecule has 84 valence electrons. The maximum absolute atomic E-state index is 5.41. The van der Waals surface area contributed by atoms with E-state index in [1.807, 2.05) is 6.07 Å². The van der Waals surface area contributed by atoms with E-state index < -0.39 is 0 Å². The lowest BCUT2D eigenvalue weighted by molar-refractivity contribution is 0.841. The van der Waals surface area contributed by atoms with Crippen molar-refractivity contribution in [3.05, 3.63) is 12.4 Å². The number of rotatable bonds is 6. The summed E-state index contributed by atoms with van der Waals surface area (Å²) in [5, 5.41) is 3.13. The summed E-state index contributed by atoms with van der Waals surface area (Å²) in [5.74, 6) is 1.78. The zero-order valence-electron chi connectivity index (χ0n) is 9.40. The molecule has 0 unspecified atom stereocenters. The van der Waals surface area contributed by atoms with Gasteiger partial charge in [-0.2, -0.15) is 0 Å². The summed E-state index contributed by atoms with van der Waals surface area (Å²) in [6, 6.07) is 1.95.